The molecule has 1 N–H and O–H groups in total. The molecule has 6 nitrogen and oxygen atoms in total. The van der Waals surface area contributed by atoms with E-state index in [1.807, 2.05) is 12.1 Å². The second kappa shape index (κ2) is 6.43. The molecule has 0 saturated carbocycles. The van der Waals surface area contributed by atoms with Crippen LogP contribution in [-0.2, 0) is 4.79 Å². The van der Waals surface area contributed by atoms with Crippen LogP contribution in [0, 0.1) is 0 Å². The first-order chi connectivity index (χ1) is 11.4. The van der Waals surface area contributed by atoms with Crippen LogP contribution >= 0.6 is 0 Å². The lowest BCUT2D eigenvalue weighted by molar-refractivity contribution is -0.130. The van der Waals surface area contributed by atoms with Crippen LogP contribution < -0.4 is 10.1 Å². The minimum absolute atomic E-state index is 0.146. The second-order valence-electron chi connectivity index (χ2n) is 6.98. The predicted octanol–water partition coefficient (Wildman–Crippen LogP) is 2.16. The zero-order valence-corrected chi connectivity index (χ0v) is 14.5. The molecular formula is C18H25N3O3. The number of likely N-dealkylation sites (tertiary alicyclic amines) is 1. The Balaban J connectivity index is 1.64. The zero-order valence-electron chi connectivity index (χ0n) is 14.5. The number of imide groups is 1. The first-order valence-corrected chi connectivity index (χ1v) is 8.44. The minimum atomic E-state index is -0.794. The fourth-order valence-electron chi connectivity index (χ4n) is 3.55. The summed E-state index contributed by atoms with van der Waals surface area (Å²) in [5.74, 6) is 0.706. The molecule has 2 heterocycles. The average Bonchev–Trinajstić information content (AvgIpc) is 3.09. The Morgan fingerprint density at radius 1 is 1.21 bits per heavy atom. The van der Waals surface area contributed by atoms with Gasteiger partial charge in [0.15, 0.2) is 0 Å². The standard InChI is InChI=1S/C18H25N3O3/c1-18(2)16(22)21(17(23)19-18)12-11-20-10-4-5-15(20)13-6-8-14(24-3)9-7-13/h6-9,15H,4-5,10-12H2,1-3H3,(H,19,23). The van der Waals surface area contributed by atoms with Crippen molar-refractivity contribution < 1.29 is 14.3 Å². The van der Waals surface area contributed by atoms with Gasteiger partial charge in [0.25, 0.3) is 5.91 Å². The zero-order chi connectivity index (χ0) is 17.3. The lowest BCUT2D eigenvalue weighted by atomic mass is 10.0. The fourth-order valence-corrected chi connectivity index (χ4v) is 3.55. The van der Waals surface area contributed by atoms with Gasteiger partial charge in [-0.1, -0.05) is 12.1 Å². The quantitative estimate of drug-likeness (QED) is 0.840. The van der Waals surface area contributed by atoms with Gasteiger partial charge in [-0.25, -0.2) is 4.79 Å². The summed E-state index contributed by atoms with van der Waals surface area (Å²) in [6.45, 7) is 5.60. The number of methoxy groups -OCH3 is 1. The highest BCUT2D eigenvalue weighted by Crippen LogP contribution is 2.32. The van der Waals surface area contributed by atoms with Gasteiger partial charge in [0.2, 0.25) is 0 Å². The molecule has 1 aromatic rings. The van der Waals surface area contributed by atoms with Crippen LogP contribution in [0.25, 0.3) is 0 Å². The molecule has 0 bridgehead atoms. The molecule has 1 unspecified atom stereocenters. The molecule has 24 heavy (non-hydrogen) atoms. The number of urea groups is 1. The molecule has 0 spiro atoms. The van der Waals surface area contributed by atoms with E-state index in [4.69, 9.17) is 4.74 Å². The first kappa shape index (κ1) is 16.8. The van der Waals surface area contributed by atoms with E-state index >= 15 is 0 Å². The van der Waals surface area contributed by atoms with Crippen molar-refractivity contribution >= 4 is 11.9 Å². The molecule has 1 aromatic carbocycles. The van der Waals surface area contributed by atoms with Crippen molar-refractivity contribution in [1.29, 1.82) is 0 Å². The molecule has 0 aromatic heterocycles. The molecule has 6 heteroatoms. The van der Waals surface area contributed by atoms with Gasteiger partial charge in [-0.3, -0.25) is 14.6 Å². The van der Waals surface area contributed by atoms with E-state index < -0.39 is 5.54 Å². The molecule has 2 aliphatic rings. The van der Waals surface area contributed by atoms with Crippen LogP contribution in [0.4, 0.5) is 4.79 Å². The fraction of sp³-hybridized carbons (Fsp3) is 0.556. The second-order valence-corrected chi connectivity index (χ2v) is 6.98. The molecule has 2 fully saturated rings. The summed E-state index contributed by atoms with van der Waals surface area (Å²) >= 11 is 0. The third-order valence-electron chi connectivity index (χ3n) is 4.92. The van der Waals surface area contributed by atoms with Crippen LogP contribution in [0.1, 0.15) is 38.3 Å². The predicted molar refractivity (Wildman–Crippen MR) is 90.9 cm³/mol. The summed E-state index contributed by atoms with van der Waals surface area (Å²) in [6, 6.07) is 8.20. The van der Waals surface area contributed by atoms with Gasteiger partial charge < -0.3 is 10.1 Å². The third kappa shape index (κ3) is 3.11. The van der Waals surface area contributed by atoms with Crippen molar-refractivity contribution in [3.8, 4) is 5.75 Å². The van der Waals surface area contributed by atoms with Gasteiger partial charge in [-0.05, 0) is 50.9 Å². The molecule has 0 aliphatic carbocycles. The SMILES string of the molecule is COc1ccc(C2CCCN2CCN2C(=O)NC(C)(C)C2=O)cc1. The molecular weight excluding hydrogens is 306 g/mol. The highest BCUT2D eigenvalue weighted by Gasteiger charge is 2.44. The van der Waals surface area contributed by atoms with Gasteiger partial charge in [-0.15, -0.1) is 0 Å². The Labute approximate surface area is 142 Å². The molecule has 3 rings (SSSR count). The molecule has 2 aliphatic heterocycles. The first-order valence-electron chi connectivity index (χ1n) is 8.44. The Bertz CT molecular complexity index is 627. The number of nitrogens with one attached hydrogen (secondary N) is 1. The minimum Gasteiger partial charge on any atom is -0.497 e. The van der Waals surface area contributed by atoms with E-state index in [-0.39, 0.29) is 11.9 Å². The van der Waals surface area contributed by atoms with E-state index in [0.29, 0.717) is 19.1 Å². The molecule has 3 amide bonds. The number of ether oxygens (including phenoxy) is 1. The van der Waals surface area contributed by atoms with Crippen LogP contribution in [-0.4, -0.2) is 54.0 Å². The number of hydrogen-bond donors (Lipinski definition) is 1. The summed E-state index contributed by atoms with van der Waals surface area (Å²) in [5, 5.41) is 2.73. The van der Waals surface area contributed by atoms with Gasteiger partial charge in [0.1, 0.15) is 11.3 Å². The highest BCUT2D eigenvalue weighted by molar-refractivity contribution is 6.06. The van der Waals surface area contributed by atoms with Crippen LogP contribution in [0.3, 0.4) is 0 Å². The summed E-state index contributed by atoms with van der Waals surface area (Å²) < 4.78 is 5.21. The number of hydrogen-bond acceptors (Lipinski definition) is 4. The van der Waals surface area contributed by atoms with E-state index in [0.717, 1.165) is 25.1 Å². The van der Waals surface area contributed by atoms with Crippen LogP contribution in [0.5, 0.6) is 5.75 Å². The van der Waals surface area contributed by atoms with Crippen molar-refractivity contribution in [2.45, 2.75) is 38.3 Å². The van der Waals surface area contributed by atoms with E-state index in [2.05, 4.69) is 22.3 Å². The number of carbonyl (C=O) groups excluding carboxylic acids is 2. The monoisotopic (exact) mass is 331 g/mol. The van der Waals surface area contributed by atoms with E-state index in [1.54, 1.807) is 21.0 Å². The summed E-state index contributed by atoms with van der Waals surface area (Å²) in [7, 11) is 1.66. The highest BCUT2D eigenvalue weighted by atomic mass is 16.5. The number of benzene rings is 1. The van der Waals surface area contributed by atoms with Gasteiger partial charge >= 0.3 is 6.03 Å². The molecule has 2 saturated heterocycles. The maximum absolute atomic E-state index is 12.3. The third-order valence-corrected chi connectivity index (χ3v) is 4.92. The topological polar surface area (TPSA) is 61.9 Å². The van der Waals surface area contributed by atoms with Crippen molar-refractivity contribution in [3.05, 3.63) is 29.8 Å². The van der Waals surface area contributed by atoms with Crippen LogP contribution in [0.2, 0.25) is 0 Å². The van der Waals surface area contributed by atoms with Crippen molar-refractivity contribution in [1.82, 2.24) is 15.1 Å². The Kier molecular flexibility index (Phi) is 4.49. The summed E-state index contributed by atoms with van der Waals surface area (Å²) in [4.78, 5) is 28.0. The lowest BCUT2D eigenvalue weighted by Gasteiger charge is -2.26. The van der Waals surface area contributed by atoms with Gasteiger partial charge in [0.05, 0.1) is 7.11 Å². The summed E-state index contributed by atoms with van der Waals surface area (Å²) in [5.41, 5.74) is 0.461. The largest absolute Gasteiger partial charge is 0.497 e. The normalized spacial score (nSPS) is 23.6. The van der Waals surface area contributed by atoms with Crippen molar-refractivity contribution in [2.24, 2.45) is 0 Å². The van der Waals surface area contributed by atoms with E-state index in [9.17, 15) is 9.59 Å². The van der Waals surface area contributed by atoms with Crippen LogP contribution in [0.15, 0.2) is 24.3 Å². The lowest BCUT2D eigenvalue weighted by Crippen LogP contribution is -2.41. The van der Waals surface area contributed by atoms with Crippen molar-refractivity contribution in [2.75, 3.05) is 26.7 Å². The maximum Gasteiger partial charge on any atom is 0.325 e. The number of rotatable bonds is 5. The van der Waals surface area contributed by atoms with Gasteiger partial charge in [0, 0.05) is 19.1 Å². The van der Waals surface area contributed by atoms with E-state index in [1.165, 1.54) is 10.5 Å². The molecule has 0 radical (unpaired) electrons. The number of carbonyl (C=O) groups is 2. The summed E-state index contributed by atoms with van der Waals surface area (Å²) in [6.07, 6.45) is 2.22. The Hall–Kier alpha value is -2.08. The Morgan fingerprint density at radius 3 is 2.50 bits per heavy atom. The maximum atomic E-state index is 12.3. The smallest absolute Gasteiger partial charge is 0.325 e. The van der Waals surface area contributed by atoms with Crippen molar-refractivity contribution in [3.63, 3.8) is 0 Å². The molecule has 1 atom stereocenters. The van der Waals surface area contributed by atoms with Gasteiger partial charge in [-0.2, -0.15) is 0 Å². The molecule has 130 valence electrons. The average molecular weight is 331 g/mol. The number of nitrogens with zero attached hydrogens (tertiary/aromatic N) is 2. The Morgan fingerprint density at radius 2 is 1.92 bits per heavy atom. The number of amides is 3.